The lowest BCUT2D eigenvalue weighted by atomic mass is 10.2. The van der Waals surface area contributed by atoms with E-state index in [2.05, 4.69) is 39.8 Å². The molecule has 1 aromatic rings. The van der Waals surface area contributed by atoms with Crippen LogP contribution in [0.25, 0.3) is 0 Å². The summed E-state index contributed by atoms with van der Waals surface area (Å²) in [6.07, 6.45) is 4.29. The number of carbonyl (C=O) groups is 1. The minimum absolute atomic E-state index is 0.0507. The van der Waals surface area contributed by atoms with Crippen LogP contribution in [0.1, 0.15) is 5.56 Å². The fourth-order valence-electron chi connectivity index (χ4n) is 1.97. The Bertz CT molecular complexity index is 452. The molecule has 0 atom stereocenters. The second-order valence-corrected chi connectivity index (χ2v) is 4.38. The van der Waals surface area contributed by atoms with Crippen LogP contribution in [0.5, 0.6) is 0 Å². The van der Waals surface area contributed by atoms with Gasteiger partial charge in [-0.3, -0.25) is 0 Å². The Balaban J connectivity index is 1.86. The standard InChI is InChI=1S/C14H19N3O2/c18-9-6-15-14(19)16-11-12-4-3-5-13(10-12)17-7-1-2-8-17/h1-5,10,18H,6-9,11H2,(H2,15,16,19). The first-order valence-electron chi connectivity index (χ1n) is 6.41. The number of aliphatic hydroxyl groups excluding tert-OH is 1. The number of urea groups is 1. The molecule has 0 radical (unpaired) electrons. The van der Waals surface area contributed by atoms with Crippen molar-refractivity contribution < 1.29 is 9.90 Å². The highest BCUT2D eigenvalue weighted by Crippen LogP contribution is 2.18. The van der Waals surface area contributed by atoms with Gasteiger partial charge in [-0.15, -0.1) is 0 Å². The summed E-state index contributed by atoms with van der Waals surface area (Å²) >= 11 is 0. The molecule has 5 heteroatoms. The van der Waals surface area contributed by atoms with Crippen LogP contribution >= 0.6 is 0 Å². The lowest BCUT2D eigenvalue weighted by Crippen LogP contribution is -2.36. The molecule has 0 aliphatic carbocycles. The normalized spacial score (nSPS) is 13.6. The van der Waals surface area contributed by atoms with Gasteiger partial charge >= 0.3 is 6.03 Å². The zero-order chi connectivity index (χ0) is 13.5. The first-order chi connectivity index (χ1) is 9.29. The van der Waals surface area contributed by atoms with Crippen molar-refractivity contribution in [3.63, 3.8) is 0 Å². The van der Waals surface area contributed by atoms with E-state index in [0.29, 0.717) is 6.54 Å². The third kappa shape index (κ3) is 3.99. The Labute approximate surface area is 112 Å². The smallest absolute Gasteiger partial charge is 0.315 e. The summed E-state index contributed by atoms with van der Waals surface area (Å²) in [6, 6.07) is 7.87. The maximum atomic E-state index is 11.4. The summed E-state index contributed by atoms with van der Waals surface area (Å²) in [7, 11) is 0. The molecule has 0 fully saturated rings. The maximum Gasteiger partial charge on any atom is 0.315 e. The number of hydrogen-bond acceptors (Lipinski definition) is 3. The van der Waals surface area contributed by atoms with E-state index >= 15 is 0 Å². The van der Waals surface area contributed by atoms with E-state index in [1.807, 2.05) is 12.1 Å². The minimum atomic E-state index is -0.262. The van der Waals surface area contributed by atoms with Crippen LogP contribution in [0, 0.1) is 0 Å². The Morgan fingerprint density at radius 1 is 1.26 bits per heavy atom. The predicted molar refractivity (Wildman–Crippen MR) is 75.1 cm³/mol. The summed E-state index contributed by atoms with van der Waals surface area (Å²) in [5, 5.41) is 13.9. The van der Waals surface area contributed by atoms with Gasteiger partial charge in [-0.25, -0.2) is 4.79 Å². The molecule has 0 saturated heterocycles. The van der Waals surface area contributed by atoms with Crippen LogP contribution in [0.15, 0.2) is 36.4 Å². The molecule has 2 rings (SSSR count). The maximum absolute atomic E-state index is 11.4. The molecule has 1 aromatic carbocycles. The first-order valence-corrected chi connectivity index (χ1v) is 6.41. The Kier molecular flexibility index (Phi) is 4.80. The summed E-state index contributed by atoms with van der Waals surface area (Å²) in [5.41, 5.74) is 2.23. The molecule has 0 saturated carbocycles. The van der Waals surface area contributed by atoms with E-state index in [1.165, 1.54) is 5.69 Å². The van der Waals surface area contributed by atoms with Gasteiger partial charge in [0.15, 0.2) is 0 Å². The molecule has 5 nitrogen and oxygen atoms in total. The second kappa shape index (κ2) is 6.80. The SMILES string of the molecule is O=C(NCCO)NCc1cccc(N2CC=CC2)c1. The van der Waals surface area contributed by atoms with Gasteiger partial charge in [0.1, 0.15) is 0 Å². The van der Waals surface area contributed by atoms with Crippen LogP contribution < -0.4 is 15.5 Å². The van der Waals surface area contributed by atoms with Crippen molar-refractivity contribution in [2.75, 3.05) is 31.1 Å². The van der Waals surface area contributed by atoms with Crippen LogP contribution in [0.3, 0.4) is 0 Å². The van der Waals surface area contributed by atoms with E-state index in [1.54, 1.807) is 0 Å². The third-order valence-electron chi connectivity index (χ3n) is 2.94. The molecule has 0 aromatic heterocycles. The molecule has 2 amide bonds. The van der Waals surface area contributed by atoms with Crippen molar-refractivity contribution in [3.8, 4) is 0 Å². The van der Waals surface area contributed by atoms with Gasteiger partial charge in [0.05, 0.1) is 6.61 Å². The topological polar surface area (TPSA) is 64.6 Å². The fourth-order valence-corrected chi connectivity index (χ4v) is 1.97. The quantitative estimate of drug-likeness (QED) is 0.689. The van der Waals surface area contributed by atoms with Gasteiger partial charge in [0.2, 0.25) is 0 Å². The molecule has 19 heavy (non-hydrogen) atoms. The highest BCUT2D eigenvalue weighted by molar-refractivity contribution is 5.73. The van der Waals surface area contributed by atoms with Crippen molar-refractivity contribution in [1.82, 2.24) is 10.6 Å². The summed E-state index contributed by atoms with van der Waals surface area (Å²) < 4.78 is 0. The molecule has 0 unspecified atom stereocenters. The number of nitrogens with zero attached hydrogens (tertiary/aromatic N) is 1. The fraction of sp³-hybridized carbons (Fsp3) is 0.357. The Morgan fingerprint density at radius 2 is 2.05 bits per heavy atom. The minimum Gasteiger partial charge on any atom is -0.395 e. The van der Waals surface area contributed by atoms with E-state index < -0.39 is 0 Å². The Hall–Kier alpha value is -2.01. The molecule has 0 spiro atoms. The van der Waals surface area contributed by atoms with E-state index in [-0.39, 0.29) is 19.2 Å². The number of rotatable bonds is 5. The Morgan fingerprint density at radius 3 is 2.79 bits per heavy atom. The highest BCUT2D eigenvalue weighted by Gasteiger charge is 2.08. The van der Waals surface area contributed by atoms with Crippen molar-refractivity contribution in [1.29, 1.82) is 0 Å². The molecular weight excluding hydrogens is 242 g/mol. The first kappa shape index (κ1) is 13.4. The van der Waals surface area contributed by atoms with Gasteiger partial charge in [0, 0.05) is 31.9 Å². The van der Waals surface area contributed by atoms with Crippen molar-refractivity contribution in [3.05, 3.63) is 42.0 Å². The van der Waals surface area contributed by atoms with E-state index in [4.69, 9.17) is 5.11 Å². The number of amides is 2. The number of anilines is 1. The summed E-state index contributed by atoms with van der Waals surface area (Å²) in [6.45, 7) is 2.57. The average Bonchev–Trinajstić information content (AvgIpc) is 2.97. The molecule has 102 valence electrons. The molecule has 0 bridgehead atoms. The monoisotopic (exact) mass is 261 g/mol. The third-order valence-corrected chi connectivity index (χ3v) is 2.94. The van der Waals surface area contributed by atoms with Gasteiger partial charge in [-0.05, 0) is 17.7 Å². The zero-order valence-electron chi connectivity index (χ0n) is 10.8. The van der Waals surface area contributed by atoms with E-state index in [9.17, 15) is 4.79 Å². The van der Waals surface area contributed by atoms with Gasteiger partial charge < -0.3 is 20.6 Å². The summed E-state index contributed by atoms with van der Waals surface area (Å²) in [4.78, 5) is 13.6. The highest BCUT2D eigenvalue weighted by atomic mass is 16.3. The van der Waals surface area contributed by atoms with Gasteiger partial charge in [-0.2, -0.15) is 0 Å². The predicted octanol–water partition coefficient (Wildman–Crippen LogP) is 0.854. The zero-order valence-corrected chi connectivity index (χ0v) is 10.8. The molecule has 1 aliphatic heterocycles. The lowest BCUT2D eigenvalue weighted by Gasteiger charge is -2.18. The number of hydrogen-bond donors (Lipinski definition) is 3. The van der Waals surface area contributed by atoms with Crippen molar-refractivity contribution in [2.45, 2.75) is 6.54 Å². The second-order valence-electron chi connectivity index (χ2n) is 4.38. The molecular formula is C14H19N3O2. The summed E-state index contributed by atoms with van der Waals surface area (Å²) in [5.74, 6) is 0. The average molecular weight is 261 g/mol. The number of benzene rings is 1. The largest absolute Gasteiger partial charge is 0.395 e. The van der Waals surface area contributed by atoms with Crippen LogP contribution in [0.2, 0.25) is 0 Å². The van der Waals surface area contributed by atoms with Gasteiger partial charge in [-0.1, -0.05) is 24.3 Å². The molecule has 1 heterocycles. The number of carbonyl (C=O) groups excluding carboxylic acids is 1. The van der Waals surface area contributed by atoms with Crippen molar-refractivity contribution in [2.24, 2.45) is 0 Å². The lowest BCUT2D eigenvalue weighted by molar-refractivity contribution is 0.234. The van der Waals surface area contributed by atoms with Crippen LogP contribution in [-0.2, 0) is 6.54 Å². The number of nitrogens with one attached hydrogen (secondary N) is 2. The van der Waals surface area contributed by atoms with Crippen molar-refractivity contribution >= 4 is 11.7 Å². The molecule has 1 aliphatic rings. The van der Waals surface area contributed by atoms with E-state index in [0.717, 1.165) is 18.7 Å². The number of aliphatic hydroxyl groups is 1. The van der Waals surface area contributed by atoms with Crippen LogP contribution in [-0.4, -0.2) is 37.4 Å². The van der Waals surface area contributed by atoms with Crippen LogP contribution in [0.4, 0.5) is 10.5 Å². The molecule has 3 N–H and O–H groups in total. The van der Waals surface area contributed by atoms with Gasteiger partial charge in [0.25, 0.3) is 0 Å².